The lowest BCUT2D eigenvalue weighted by Crippen LogP contribution is -2.45. The maximum Gasteiger partial charge on any atom is 0.0874 e. The Hall–Kier alpha value is -1.39. The largest absolute Gasteiger partial charge is 0.288 e. The second-order valence-corrected chi connectivity index (χ2v) is 2.54. The molecule has 2 rings (SSSR count). The zero-order valence-electron chi connectivity index (χ0n) is 6.57. The predicted molar refractivity (Wildman–Crippen MR) is 49.3 cm³/mol. The minimum atomic E-state index is 0.702. The van der Waals surface area contributed by atoms with Gasteiger partial charge in [-0.3, -0.25) is 15.8 Å². The standard InChI is InChI=1S/C8H10N4/c9-11-12-6-5-10-7-3-1-2-4-8(7)12/h1-5,11H,6,9H2. The summed E-state index contributed by atoms with van der Waals surface area (Å²) in [5.41, 5.74) is 4.56. The van der Waals surface area contributed by atoms with Crippen LogP contribution in [0.4, 0.5) is 11.4 Å². The van der Waals surface area contributed by atoms with Gasteiger partial charge in [0.2, 0.25) is 0 Å². The molecule has 0 bridgehead atoms. The van der Waals surface area contributed by atoms with Crippen molar-refractivity contribution in [2.45, 2.75) is 0 Å². The smallest absolute Gasteiger partial charge is 0.0874 e. The third-order valence-corrected chi connectivity index (χ3v) is 1.82. The molecule has 1 aliphatic rings. The summed E-state index contributed by atoms with van der Waals surface area (Å²) in [5.74, 6) is 5.33. The van der Waals surface area contributed by atoms with E-state index in [-0.39, 0.29) is 0 Å². The van der Waals surface area contributed by atoms with Crippen LogP contribution in [0.5, 0.6) is 0 Å². The lowest BCUT2D eigenvalue weighted by Gasteiger charge is -2.25. The molecule has 0 radical (unpaired) electrons. The maximum atomic E-state index is 5.33. The van der Waals surface area contributed by atoms with Crippen LogP contribution in [0, 0.1) is 0 Å². The number of anilines is 1. The Kier molecular flexibility index (Phi) is 1.77. The van der Waals surface area contributed by atoms with E-state index in [0.717, 1.165) is 11.4 Å². The first-order valence-corrected chi connectivity index (χ1v) is 3.77. The molecule has 3 N–H and O–H groups in total. The van der Waals surface area contributed by atoms with Crippen molar-refractivity contribution in [1.82, 2.24) is 5.53 Å². The summed E-state index contributed by atoms with van der Waals surface area (Å²) in [4.78, 5) is 4.23. The number of fused-ring (bicyclic) bond motifs is 1. The van der Waals surface area contributed by atoms with Crippen LogP contribution < -0.4 is 16.4 Å². The zero-order chi connectivity index (χ0) is 8.39. The summed E-state index contributed by atoms with van der Waals surface area (Å²) in [6.45, 7) is 0.702. The average molecular weight is 162 g/mol. The molecule has 0 aromatic heterocycles. The topological polar surface area (TPSA) is 53.6 Å². The van der Waals surface area contributed by atoms with E-state index in [2.05, 4.69) is 10.5 Å². The second kappa shape index (κ2) is 2.92. The number of nitrogens with one attached hydrogen (secondary N) is 1. The van der Waals surface area contributed by atoms with E-state index < -0.39 is 0 Å². The Balaban J connectivity index is 2.45. The summed E-state index contributed by atoms with van der Waals surface area (Å²) in [6.07, 6.45) is 1.82. The zero-order valence-corrected chi connectivity index (χ0v) is 6.57. The third-order valence-electron chi connectivity index (χ3n) is 1.82. The summed E-state index contributed by atoms with van der Waals surface area (Å²) in [5, 5.41) is 1.84. The van der Waals surface area contributed by atoms with E-state index >= 15 is 0 Å². The van der Waals surface area contributed by atoms with Crippen molar-refractivity contribution in [3.8, 4) is 0 Å². The summed E-state index contributed by atoms with van der Waals surface area (Å²) >= 11 is 0. The number of aliphatic imine (C=N–C) groups is 1. The molecule has 0 spiro atoms. The lowest BCUT2D eigenvalue weighted by molar-refractivity contribution is 0.699. The van der Waals surface area contributed by atoms with Crippen molar-refractivity contribution in [2.24, 2.45) is 10.8 Å². The first-order valence-electron chi connectivity index (χ1n) is 3.77. The van der Waals surface area contributed by atoms with E-state index in [0.29, 0.717) is 6.54 Å². The van der Waals surface area contributed by atoms with Crippen LogP contribution in [0.3, 0.4) is 0 Å². The molecule has 12 heavy (non-hydrogen) atoms. The SMILES string of the molecule is NNN1CC=Nc2ccccc21. The van der Waals surface area contributed by atoms with Gasteiger partial charge in [0.25, 0.3) is 0 Å². The Bertz CT molecular complexity index is 308. The van der Waals surface area contributed by atoms with Crippen molar-refractivity contribution in [3.05, 3.63) is 24.3 Å². The molecule has 1 aliphatic heterocycles. The van der Waals surface area contributed by atoms with Crippen LogP contribution in [0.1, 0.15) is 0 Å². The molecule has 0 saturated heterocycles. The molecule has 0 amide bonds. The van der Waals surface area contributed by atoms with E-state index in [4.69, 9.17) is 5.84 Å². The van der Waals surface area contributed by atoms with Gasteiger partial charge in [0.15, 0.2) is 0 Å². The van der Waals surface area contributed by atoms with Crippen LogP contribution in [0.2, 0.25) is 0 Å². The van der Waals surface area contributed by atoms with Crippen LogP contribution >= 0.6 is 0 Å². The summed E-state index contributed by atoms with van der Waals surface area (Å²) in [7, 11) is 0. The van der Waals surface area contributed by atoms with Crippen LogP contribution in [-0.4, -0.2) is 12.8 Å². The van der Waals surface area contributed by atoms with E-state index in [1.165, 1.54) is 0 Å². The Morgan fingerprint density at radius 3 is 3.08 bits per heavy atom. The molecule has 0 saturated carbocycles. The Morgan fingerprint density at radius 1 is 1.42 bits per heavy atom. The Labute approximate surface area is 70.6 Å². The van der Waals surface area contributed by atoms with Gasteiger partial charge >= 0.3 is 0 Å². The summed E-state index contributed by atoms with van der Waals surface area (Å²) < 4.78 is 0. The average Bonchev–Trinajstić information content (AvgIpc) is 2.17. The van der Waals surface area contributed by atoms with Gasteiger partial charge in [-0.1, -0.05) is 12.1 Å². The highest BCUT2D eigenvalue weighted by Gasteiger charge is 2.10. The minimum Gasteiger partial charge on any atom is -0.288 e. The highest BCUT2D eigenvalue weighted by Crippen LogP contribution is 2.28. The van der Waals surface area contributed by atoms with Crippen LogP contribution in [-0.2, 0) is 0 Å². The minimum absolute atomic E-state index is 0.702. The van der Waals surface area contributed by atoms with Gasteiger partial charge in [0.1, 0.15) is 0 Å². The number of para-hydroxylation sites is 2. The number of rotatable bonds is 1. The lowest BCUT2D eigenvalue weighted by atomic mass is 10.2. The highest BCUT2D eigenvalue weighted by molar-refractivity contribution is 5.80. The normalized spacial score (nSPS) is 14.6. The number of hydrogen-bond acceptors (Lipinski definition) is 4. The number of hydrogen-bond donors (Lipinski definition) is 2. The van der Waals surface area contributed by atoms with Crippen molar-refractivity contribution in [3.63, 3.8) is 0 Å². The van der Waals surface area contributed by atoms with Gasteiger partial charge in [-0.15, -0.1) is 0 Å². The van der Waals surface area contributed by atoms with Gasteiger partial charge in [-0.05, 0) is 12.1 Å². The first-order chi connectivity index (χ1) is 5.92. The summed E-state index contributed by atoms with van der Waals surface area (Å²) in [6, 6.07) is 7.85. The van der Waals surface area contributed by atoms with Crippen molar-refractivity contribution in [2.75, 3.05) is 11.6 Å². The fourth-order valence-corrected chi connectivity index (χ4v) is 1.24. The maximum absolute atomic E-state index is 5.33. The quantitative estimate of drug-likeness (QED) is 0.469. The molecule has 0 unspecified atom stereocenters. The van der Waals surface area contributed by atoms with Crippen LogP contribution in [0.15, 0.2) is 29.3 Å². The molecular formula is C8H10N4. The number of benzene rings is 1. The number of nitrogens with zero attached hydrogens (tertiary/aromatic N) is 2. The van der Waals surface area contributed by atoms with E-state index in [9.17, 15) is 0 Å². The van der Waals surface area contributed by atoms with Gasteiger partial charge in [0.05, 0.1) is 17.9 Å². The molecule has 4 nitrogen and oxygen atoms in total. The van der Waals surface area contributed by atoms with Gasteiger partial charge in [0, 0.05) is 6.21 Å². The van der Waals surface area contributed by atoms with Crippen molar-refractivity contribution in [1.29, 1.82) is 0 Å². The van der Waals surface area contributed by atoms with Gasteiger partial charge < -0.3 is 0 Å². The number of hydrazine groups is 2. The molecule has 1 heterocycles. The third kappa shape index (κ3) is 1.07. The Morgan fingerprint density at radius 2 is 2.25 bits per heavy atom. The van der Waals surface area contributed by atoms with Gasteiger partial charge in [-0.2, -0.15) is 5.53 Å². The molecule has 62 valence electrons. The molecule has 0 atom stereocenters. The fraction of sp³-hybridized carbons (Fsp3) is 0.125. The molecule has 0 fully saturated rings. The molecule has 4 heteroatoms. The van der Waals surface area contributed by atoms with Crippen LogP contribution in [0.25, 0.3) is 0 Å². The fourth-order valence-electron chi connectivity index (χ4n) is 1.24. The molecule has 1 aromatic rings. The predicted octanol–water partition coefficient (Wildman–Crippen LogP) is 0.587. The van der Waals surface area contributed by atoms with E-state index in [1.807, 2.05) is 35.5 Å². The van der Waals surface area contributed by atoms with Crippen molar-refractivity contribution >= 4 is 17.6 Å². The van der Waals surface area contributed by atoms with Crippen molar-refractivity contribution < 1.29 is 0 Å². The number of nitrogens with two attached hydrogens (primary N) is 1. The first kappa shape index (κ1) is 7.27. The highest BCUT2D eigenvalue weighted by atomic mass is 15.6. The second-order valence-electron chi connectivity index (χ2n) is 2.54. The molecular weight excluding hydrogens is 152 g/mol. The van der Waals surface area contributed by atoms with Gasteiger partial charge in [-0.25, -0.2) is 0 Å². The van der Waals surface area contributed by atoms with E-state index in [1.54, 1.807) is 0 Å². The molecule has 1 aromatic carbocycles. The monoisotopic (exact) mass is 162 g/mol. The molecule has 0 aliphatic carbocycles.